The number of benzene rings is 2. The molecule has 1 aliphatic heterocycles. The molecule has 1 atom stereocenters. The third-order valence-electron chi connectivity index (χ3n) is 4.25. The number of rotatable bonds is 5. The maximum absolute atomic E-state index is 13.7. The van der Waals surface area contributed by atoms with Crippen LogP contribution in [-0.2, 0) is 11.3 Å². The SMILES string of the molecule is CNCCCC1Cc2cc(F)ccc2N(c2ccccc2C)O1. The standard InChI is InChI=1S/C19H23FN2O/c1-14-6-3-4-8-18(14)22-19-10-9-16(20)12-15(19)13-17(23-22)7-5-11-21-2/h3-4,6,8-10,12,17,21H,5,7,11,13H2,1-2H3. The van der Waals surface area contributed by atoms with Gasteiger partial charge in [0.05, 0.1) is 17.5 Å². The first-order valence-corrected chi connectivity index (χ1v) is 8.14. The van der Waals surface area contributed by atoms with E-state index in [0.717, 1.165) is 48.3 Å². The Hall–Kier alpha value is -1.91. The Morgan fingerprint density at radius 2 is 2.04 bits per heavy atom. The van der Waals surface area contributed by atoms with Crippen LogP contribution >= 0.6 is 0 Å². The second-order valence-corrected chi connectivity index (χ2v) is 6.03. The molecule has 0 amide bonds. The quantitative estimate of drug-likeness (QED) is 0.840. The van der Waals surface area contributed by atoms with E-state index in [1.54, 1.807) is 12.1 Å². The largest absolute Gasteiger partial charge is 0.320 e. The highest BCUT2D eigenvalue weighted by Crippen LogP contribution is 2.37. The van der Waals surface area contributed by atoms with Crippen LogP contribution in [0, 0.1) is 12.7 Å². The molecule has 0 saturated heterocycles. The van der Waals surface area contributed by atoms with Crippen molar-refractivity contribution in [2.75, 3.05) is 18.7 Å². The molecule has 1 unspecified atom stereocenters. The van der Waals surface area contributed by atoms with Crippen molar-refractivity contribution in [2.45, 2.75) is 32.3 Å². The van der Waals surface area contributed by atoms with E-state index in [1.165, 1.54) is 6.07 Å². The van der Waals surface area contributed by atoms with Gasteiger partial charge in [-0.3, -0.25) is 4.84 Å². The Labute approximate surface area is 137 Å². The zero-order valence-corrected chi connectivity index (χ0v) is 13.7. The lowest BCUT2D eigenvalue weighted by Gasteiger charge is -2.36. The van der Waals surface area contributed by atoms with Gasteiger partial charge in [-0.1, -0.05) is 18.2 Å². The van der Waals surface area contributed by atoms with Crippen LogP contribution < -0.4 is 10.4 Å². The first-order chi connectivity index (χ1) is 11.2. The Kier molecular flexibility index (Phi) is 4.94. The van der Waals surface area contributed by atoms with Crippen LogP contribution in [0.4, 0.5) is 15.8 Å². The summed E-state index contributed by atoms with van der Waals surface area (Å²) in [5, 5.41) is 5.03. The third kappa shape index (κ3) is 3.54. The minimum absolute atomic E-state index is 0.0669. The zero-order valence-electron chi connectivity index (χ0n) is 13.7. The van der Waals surface area contributed by atoms with E-state index in [2.05, 4.69) is 18.3 Å². The zero-order chi connectivity index (χ0) is 16.2. The molecule has 4 heteroatoms. The van der Waals surface area contributed by atoms with Gasteiger partial charge in [0.1, 0.15) is 5.82 Å². The molecular formula is C19H23FN2O. The van der Waals surface area contributed by atoms with Crippen LogP contribution in [0.25, 0.3) is 0 Å². The van der Waals surface area contributed by atoms with Crippen molar-refractivity contribution in [3.05, 3.63) is 59.4 Å². The summed E-state index contributed by atoms with van der Waals surface area (Å²) in [6.07, 6.45) is 2.79. The van der Waals surface area contributed by atoms with Gasteiger partial charge in [0, 0.05) is 6.42 Å². The van der Waals surface area contributed by atoms with Crippen molar-refractivity contribution in [1.29, 1.82) is 0 Å². The van der Waals surface area contributed by atoms with Gasteiger partial charge < -0.3 is 5.32 Å². The smallest absolute Gasteiger partial charge is 0.123 e. The molecule has 2 aromatic rings. The minimum Gasteiger partial charge on any atom is -0.320 e. The number of anilines is 2. The molecule has 0 fully saturated rings. The molecule has 2 aromatic carbocycles. The second kappa shape index (κ2) is 7.11. The summed E-state index contributed by atoms with van der Waals surface area (Å²) < 4.78 is 13.7. The number of aryl methyl sites for hydroxylation is 1. The van der Waals surface area contributed by atoms with E-state index < -0.39 is 0 Å². The Morgan fingerprint density at radius 1 is 1.22 bits per heavy atom. The molecule has 3 nitrogen and oxygen atoms in total. The normalized spacial score (nSPS) is 17.2. The van der Waals surface area contributed by atoms with Gasteiger partial charge >= 0.3 is 0 Å². The number of nitrogens with zero attached hydrogens (tertiary/aromatic N) is 1. The summed E-state index contributed by atoms with van der Waals surface area (Å²) in [5.41, 5.74) is 4.09. The van der Waals surface area contributed by atoms with Gasteiger partial charge in [0.25, 0.3) is 0 Å². The molecular weight excluding hydrogens is 291 g/mol. The molecule has 0 radical (unpaired) electrons. The van der Waals surface area contributed by atoms with E-state index in [-0.39, 0.29) is 11.9 Å². The van der Waals surface area contributed by atoms with Crippen LogP contribution in [0.3, 0.4) is 0 Å². The van der Waals surface area contributed by atoms with Crippen molar-refractivity contribution in [3.63, 3.8) is 0 Å². The molecule has 3 rings (SSSR count). The number of fused-ring (bicyclic) bond motifs is 1. The molecule has 0 spiro atoms. The highest BCUT2D eigenvalue weighted by molar-refractivity contribution is 5.67. The Morgan fingerprint density at radius 3 is 2.83 bits per heavy atom. The summed E-state index contributed by atoms with van der Waals surface area (Å²) in [7, 11) is 1.95. The molecule has 23 heavy (non-hydrogen) atoms. The molecule has 122 valence electrons. The second-order valence-electron chi connectivity index (χ2n) is 6.03. The predicted molar refractivity (Wildman–Crippen MR) is 91.5 cm³/mol. The topological polar surface area (TPSA) is 24.5 Å². The lowest BCUT2D eigenvalue weighted by atomic mass is 10.00. The fraction of sp³-hybridized carbons (Fsp3) is 0.368. The fourth-order valence-corrected chi connectivity index (χ4v) is 3.04. The lowest BCUT2D eigenvalue weighted by molar-refractivity contribution is 0.0366. The highest BCUT2D eigenvalue weighted by Gasteiger charge is 2.27. The highest BCUT2D eigenvalue weighted by atomic mass is 19.1. The molecule has 0 aliphatic carbocycles. The van der Waals surface area contributed by atoms with Crippen LogP contribution in [0.1, 0.15) is 24.0 Å². The van der Waals surface area contributed by atoms with Gasteiger partial charge in [-0.25, -0.2) is 9.45 Å². The minimum atomic E-state index is -0.190. The average Bonchev–Trinajstić information content (AvgIpc) is 2.54. The number of nitrogens with one attached hydrogen (secondary N) is 1. The predicted octanol–water partition coefficient (Wildman–Crippen LogP) is 4.13. The van der Waals surface area contributed by atoms with E-state index in [9.17, 15) is 4.39 Å². The van der Waals surface area contributed by atoms with Crippen LogP contribution in [0.5, 0.6) is 0 Å². The van der Waals surface area contributed by atoms with Crippen LogP contribution in [0.15, 0.2) is 42.5 Å². The number of hydrogen-bond donors (Lipinski definition) is 1. The number of para-hydroxylation sites is 1. The first-order valence-electron chi connectivity index (χ1n) is 8.14. The monoisotopic (exact) mass is 314 g/mol. The van der Waals surface area contributed by atoms with Crippen molar-refractivity contribution < 1.29 is 9.23 Å². The first kappa shape index (κ1) is 16.0. The molecule has 1 aliphatic rings. The summed E-state index contributed by atoms with van der Waals surface area (Å²) in [6, 6.07) is 13.0. The van der Waals surface area contributed by atoms with Crippen molar-refractivity contribution in [1.82, 2.24) is 5.32 Å². The van der Waals surface area contributed by atoms with E-state index in [4.69, 9.17) is 4.84 Å². The Balaban J connectivity index is 1.92. The third-order valence-corrected chi connectivity index (χ3v) is 4.25. The molecule has 0 aromatic heterocycles. The molecule has 0 bridgehead atoms. The molecule has 1 N–H and O–H groups in total. The van der Waals surface area contributed by atoms with Gasteiger partial charge in [0.15, 0.2) is 0 Å². The van der Waals surface area contributed by atoms with Crippen molar-refractivity contribution in [2.24, 2.45) is 0 Å². The molecule has 1 heterocycles. The van der Waals surface area contributed by atoms with Gasteiger partial charge in [-0.15, -0.1) is 0 Å². The summed E-state index contributed by atoms with van der Waals surface area (Å²) in [4.78, 5) is 6.25. The van der Waals surface area contributed by atoms with Crippen molar-refractivity contribution >= 4 is 11.4 Å². The van der Waals surface area contributed by atoms with Gasteiger partial charge in [-0.2, -0.15) is 0 Å². The summed E-state index contributed by atoms with van der Waals surface area (Å²) in [6.45, 7) is 3.02. The maximum Gasteiger partial charge on any atom is 0.123 e. The lowest BCUT2D eigenvalue weighted by Crippen LogP contribution is -2.34. The van der Waals surface area contributed by atoms with E-state index >= 15 is 0 Å². The average molecular weight is 314 g/mol. The van der Waals surface area contributed by atoms with Gasteiger partial charge in [-0.05, 0) is 68.8 Å². The summed E-state index contributed by atoms with van der Waals surface area (Å²) >= 11 is 0. The van der Waals surface area contributed by atoms with Crippen molar-refractivity contribution in [3.8, 4) is 0 Å². The molecule has 0 saturated carbocycles. The van der Waals surface area contributed by atoms with Gasteiger partial charge in [0.2, 0.25) is 0 Å². The Bertz CT molecular complexity index is 674. The summed E-state index contributed by atoms with van der Waals surface area (Å²) in [5.74, 6) is -0.190. The van der Waals surface area contributed by atoms with E-state index in [0.29, 0.717) is 0 Å². The van der Waals surface area contributed by atoms with Crippen LogP contribution in [-0.4, -0.2) is 19.7 Å². The fourth-order valence-electron chi connectivity index (χ4n) is 3.04. The maximum atomic E-state index is 13.7. The number of hydrogen-bond acceptors (Lipinski definition) is 3. The van der Waals surface area contributed by atoms with Crippen LogP contribution in [0.2, 0.25) is 0 Å². The number of halogens is 1. The van der Waals surface area contributed by atoms with E-state index in [1.807, 2.05) is 30.3 Å².